The number of amides is 2. The lowest BCUT2D eigenvalue weighted by Crippen LogP contribution is -2.42. The van der Waals surface area contributed by atoms with Gasteiger partial charge in [-0.25, -0.2) is 4.79 Å². The highest BCUT2D eigenvalue weighted by atomic mass is 35.5. The highest BCUT2D eigenvalue weighted by Gasteiger charge is 2.30. The van der Waals surface area contributed by atoms with Gasteiger partial charge in [-0.1, -0.05) is 41.4 Å². The van der Waals surface area contributed by atoms with Crippen LogP contribution in [-0.2, 0) is 24.2 Å². The van der Waals surface area contributed by atoms with Gasteiger partial charge >= 0.3 is 5.97 Å². The first-order valence-electron chi connectivity index (χ1n) is 12.2. The normalized spacial score (nSPS) is 13.7. The fraction of sp³-hybridized carbons (Fsp3) is 0.207. The highest BCUT2D eigenvalue weighted by Crippen LogP contribution is 2.35. The summed E-state index contributed by atoms with van der Waals surface area (Å²) in [4.78, 5) is 41.1. The number of carboxylic acid groups (broad SMARTS) is 1. The molecule has 0 radical (unpaired) electrons. The van der Waals surface area contributed by atoms with Crippen molar-refractivity contribution in [1.29, 1.82) is 0 Å². The Morgan fingerprint density at radius 3 is 2.72 bits per heavy atom. The Balaban J connectivity index is 1.34. The Kier molecular flexibility index (Phi) is 7.88. The molecule has 1 aromatic heterocycles. The van der Waals surface area contributed by atoms with Crippen LogP contribution in [0.2, 0.25) is 10.0 Å². The average Bonchev–Trinajstić information content (AvgIpc) is 3.40. The van der Waals surface area contributed by atoms with Gasteiger partial charge in [-0.15, -0.1) is 11.8 Å². The molecule has 0 spiro atoms. The zero-order valence-electron chi connectivity index (χ0n) is 20.9. The molecule has 0 saturated heterocycles. The fourth-order valence-electron chi connectivity index (χ4n) is 4.77. The fourth-order valence-corrected chi connectivity index (χ4v) is 6.02. The Morgan fingerprint density at radius 1 is 1.13 bits per heavy atom. The first-order chi connectivity index (χ1) is 18.7. The summed E-state index contributed by atoms with van der Waals surface area (Å²) >= 11 is 14.7. The van der Waals surface area contributed by atoms with Crippen LogP contribution in [0, 0.1) is 0 Å². The molecule has 0 fully saturated rings. The number of benzene rings is 3. The van der Waals surface area contributed by atoms with Crippen molar-refractivity contribution < 1.29 is 23.9 Å². The van der Waals surface area contributed by atoms with E-state index in [-0.39, 0.29) is 34.5 Å². The molecule has 0 bridgehead atoms. The molecular weight excluding hydrogens is 559 g/mol. The Morgan fingerprint density at radius 2 is 1.95 bits per heavy atom. The maximum Gasteiger partial charge on any atom is 0.326 e. The number of hydrogen-bond donors (Lipinski definition) is 2. The van der Waals surface area contributed by atoms with E-state index in [0.717, 1.165) is 27.0 Å². The van der Waals surface area contributed by atoms with Gasteiger partial charge in [-0.2, -0.15) is 0 Å². The SMILES string of the molecule is CSc1cccc(CC(NC(=O)c2c(Cl)cc3c(c2Cl)CCN(C(=O)c2ccc4ccoc4c2)C3)C(=O)O)c1. The zero-order valence-corrected chi connectivity index (χ0v) is 23.2. The Bertz CT molecular complexity index is 1600. The summed E-state index contributed by atoms with van der Waals surface area (Å²) in [5, 5.41) is 13.5. The Labute approximate surface area is 239 Å². The minimum absolute atomic E-state index is 0.0317. The Hall–Kier alpha value is -3.46. The number of furan rings is 1. The third kappa shape index (κ3) is 5.64. The van der Waals surface area contributed by atoms with Gasteiger partial charge < -0.3 is 19.7 Å². The molecule has 2 amide bonds. The minimum Gasteiger partial charge on any atom is -0.480 e. The monoisotopic (exact) mass is 582 g/mol. The number of rotatable bonds is 7. The molecule has 0 saturated carbocycles. The van der Waals surface area contributed by atoms with Crippen molar-refractivity contribution in [2.75, 3.05) is 12.8 Å². The summed E-state index contributed by atoms with van der Waals surface area (Å²) in [6.45, 7) is 0.670. The van der Waals surface area contributed by atoms with Crippen LogP contribution in [0.1, 0.15) is 37.4 Å². The predicted molar refractivity (Wildman–Crippen MR) is 152 cm³/mol. The van der Waals surface area contributed by atoms with Gasteiger partial charge in [0.15, 0.2) is 0 Å². The van der Waals surface area contributed by atoms with E-state index in [1.165, 1.54) is 0 Å². The standard InChI is InChI=1S/C29H24Cl2N2O5S/c1-39-20-4-2-3-16(11-20)12-23(29(36)37)32-27(34)25-22(30)13-19-15-33(9-7-21(19)26(25)31)28(35)18-6-5-17-8-10-38-24(17)14-18/h2-6,8,10-11,13-14,23H,7,9,12,15H2,1H3,(H,32,34)(H,36,37). The number of nitrogens with one attached hydrogen (secondary N) is 1. The second kappa shape index (κ2) is 11.3. The van der Waals surface area contributed by atoms with E-state index in [1.54, 1.807) is 41.1 Å². The van der Waals surface area contributed by atoms with Crippen molar-refractivity contribution in [3.05, 3.63) is 98.7 Å². The molecule has 1 atom stereocenters. The number of aliphatic carboxylic acids is 1. The topological polar surface area (TPSA) is 99.9 Å². The largest absolute Gasteiger partial charge is 0.480 e. The molecular formula is C29H24Cl2N2O5S. The van der Waals surface area contributed by atoms with Crippen LogP contribution in [0.15, 0.2) is 70.2 Å². The lowest BCUT2D eigenvalue weighted by atomic mass is 9.95. The van der Waals surface area contributed by atoms with Crippen molar-refractivity contribution in [2.24, 2.45) is 0 Å². The first-order valence-corrected chi connectivity index (χ1v) is 14.2. The molecule has 1 aliphatic heterocycles. The highest BCUT2D eigenvalue weighted by molar-refractivity contribution is 7.98. The van der Waals surface area contributed by atoms with Gasteiger partial charge in [0.1, 0.15) is 11.6 Å². The molecule has 2 heterocycles. The number of hydrogen-bond acceptors (Lipinski definition) is 5. The third-order valence-corrected chi connectivity index (χ3v) is 8.24. The molecule has 7 nitrogen and oxygen atoms in total. The van der Waals surface area contributed by atoms with Gasteiger partial charge in [0.05, 0.1) is 21.9 Å². The van der Waals surface area contributed by atoms with Crippen molar-refractivity contribution in [2.45, 2.75) is 30.3 Å². The summed E-state index contributed by atoms with van der Waals surface area (Å²) in [6.07, 6.45) is 4.04. The second-order valence-corrected chi connectivity index (χ2v) is 10.9. The van der Waals surface area contributed by atoms with Crippen molar-refractivity contribution >= 4 is 63.7 Å². The number of halogens is 2. The first kappa shape index (κ1) is 27.1. The van der Waals surface area contributed by atoms with E-state index in [2.05, 4.69) is 5.32 Å². The minimum atomic E-state index is -1.17. The number of carbonyl (C=O) groups is 3. The summed E-state index contributed by atoms with van der Waals surface area (Å²) in [5.41, 5.74) is 3.42. The molecule has 1 aliphatic rings. The number of carbonyl (C=O) groups excluding carboxylic acids is 2. The maximum absolute atomic E-state index is 13.2. The van der Waals surface area contributed by atoms with E-state index in [1.807, 2.05) is 42.7 Å². The molecule has 39 heavy (non-hydrogen) atoms. The van der Waals surface area contributed by atoms with E-state index in [9.17, 15) is 19.5 Å². The van der Waals surface area contributed by atoms with Gasteiger partial charge in [-0.3, -0.25) is 9.59 Å². The molecule has 200 valence electrons. The van der Waals surface area contributed by atoms with Crippen LogP contribution < -0.4 is 5.32 Å². The zero-order chi connectivity index (χ0) is 27.7. The lowest BCUT2D eigenvalue weighted by molar-refractivity contribution is -0.139. The van der Waals surface area contributed by atoms with Crippen molar-refractivity contribution in [3.8, 4) is 0 Å². The number of carboxylic acids is 1. The van der Waals surface area contributed by atoms with Crippen molar-refractivity contribution in [1.82, 2.24) is 10.2 Å². The van der Waals surface area contributed by atoms with Crippen LogP contribution in [-0.4, -0.2) is 46.6 Å². The van der Waals surface area contributed by atoms with Crippen LogP contribution in [0.4, 0.5) is 0 Å². The van der Waals surface area contributed by atoms with E-state index >= 15 is 0 Å². The summed E-state index contributed by atoms with van der Waals surface area (Å²) in [6, 6.07) is 15.1. The van der Waals surface area contributed by atoms with E-state index < -0.39 is 17.9 Å². The van der Waals surface area contributed by atoms with Gasteiger partial charge in [0.2, 0.25) is 0 Å². The second-order valence-electron chi connectivity index (χ2n) is 9.25. The van der Waals surface area contributed by atoms with Crippen LogP contribution >= 0.6 is 35.0 Å². The number of nitrogens with zero attached hydrogens (tertiary/aromatic N) is 1. The molecule has 2 N–H and O–H groups in total. The number of fused-ring (bicyclic) bond motifs is 2. The maximum atomic E-state index is 13.2. The summed E-state index contributed by atoms with van der Waals surface area (Å²) in [7, 11) is 0. The van der Waals surface area contributed by atoms with Gasteiger partial charge in [-0.05, 0) is 65.8 Å². The van der Waals surface area contributed by atoms with Gasteiger partial charge in [0.25, 0.3) is 11.8 Å². The van der Waals surface area contributed by atoms with E-state index in [4.69, 9.17) is 27.6 Å². The van der Waals surface area contributed by atoms with Crippen LogP contribution in [0.3, 0.4) is 0 Å². The quantitative estimate of drug-likeness (QED) is 0.256. The smallest absolute Gasteiger partial charge is 0.326 e. The molecule has 5 rings (SSSR count). The third-order valence-electron chi connectivity index (χ3n) is 6.80. The molecule has 3 aromatic carbocycles. The van der Waals surface area contributed by atoms with Crippen LogP contribution in [0.25, 0.3) is 11.0 Å². The predicted octanol–water partition coefficient (Wildman–Crippen LogP) is 6.09. The lowest BCUT2D eigenvalue weighted by Gasteiger charge is -2.30. The molecule has 10 heteroatoms. The van der Waals surface area contributed by atoms with Crippen LogP contribution in [0.5, 0.6) is 0 Å². The van der Waals surface area contributed by atoms with Crippen molar-refractivity contribution in [3.63, 3.8) is 0 Å². The van der Waals surface area contributed by atoms with E-state index in [0.29, 0.717) is 24.1 Å². The summed E-state index contributed by atoms with van der Waals surface area (Å²) < 4.78 is 5.42. The number of thioether (sulfide) groups is 1. The average molecular weight is 583 g/mol. The molecule has 4 aromatic rings. The molecule has 0 aliphatic carbocycles. The molecule has 1 unspecified atom stereocenters. The van der Waals surface area contributed by atoms with Gasteiger partial charge in [0, 0.05) is 35.4 Å². The summed E-state index contributed by atoms with van der Waals surface area (Å²) in [5.74, 6) is -1.97.